The Morgan fingerprint density at radius 1 is 1.59 bits per heavy atom. The first-order valence-electron chi connectivity index (χ1n) is 5.04. The summed E-state index contributed by atoms with van der Waals surface area (Å²) in [6, 6.07) is 1.93. The van der Waals surface area contributed by atoms with Crippen LogP contribution in [0.1, 0.15) is 0 Å². The van der Waals surface area contributed by atoms with E-state index in [1.165, 1.54) is 11.3 Å². The maximum atomic E-state index is 11.3. The highest BCUT2D eigenvalue weighted by molar-refractivity contribution is 7.16. The van der Waals surface area contributed by atoms with Crippen LogP contribution in [0.25, 0.3) is 10.2 Å². The van der Waals surface area contributed by atoms with E-state index in [2.05, 4.69) is 15.3 Å². The maximum absolute atomic E-state index is 11.3. The molecule has 2 heterocycles. The van der Waals surface area contributed by atoms with Crippen LogP contribution in [0, 0.1) is 0 Å². The third kappa shape index (κ3) is 2.28. The van der Waals surface area contributed by atoms with Crippen LogP contribution in [0.5, 0.6) is 0 Å². The van der Waals surface area contributed by atoms with E-state index in [-0.39, 0.29) is 18.4 Å². The molecule has 0 aromatic carbocycles. The first kappa shape index (κ1) is 11.6. The number of nitrogen functional groups attached to an aromatic ring is 1. The summed E-state index contributed by atoms with van der Waals surface area (Å²) in [5, 5.41) is 5.41. The van der Waals surface area contributed by atoms with E-state index in [0.29, 0.717) is 5.82 Å². The zero-order valence-electron chi connectivity index (χ0n) is 9.60. The number of fused-ring (bicyclic) bond motifs is 1. The minimum Gasteiger partial charge on any atom is -0.368 e. The van der Waals surface area contributed by atoms with Gasteiger partial charge in [0.1, 0.15) is 10.6 Å². The Hall–Kier alpha value is -1.89. The third-order valence-electron chi connectivity index (χ3n) is 2.34. The summed E-state index contributed by atoms with van der Waals surface area (Å²) in [7, 11) is 3.40. The van der Waals surface area contributed by atoms with Gasteiger partial charge in [0.2, 0.25) is 11.9 Å². The monoisotopic (exact) mass is 251 g/mol. The van der Waals surface area contributed by atoms with Gasteiger partial charge >= 0.3 is 0 Å². The van der Waals surface area contributed by atoms with Gasteiger partial charge in [0.15, 0.2) is 0 Å². The summed E-state index contributed by atoms with van der Waals surface area (Å²) in [5.74, 6) is 0.823. The van der Waals surface area contributed by atoms with Crippen molar-refractivity contribution in [3.63, 3.8) is 0 Å². The molecule has 1 amide bonds. The Bertz CT molecular complexity index is 553. The van der Waals surface area contributed by atoms with Crippen LogP contribution in [0.4, 0.5) is 11.8 Å². The van der Waals surface area contributed by atoms with Gasteiger partial charge in [-0.05, 0) is 11.4 Å². The molecular weight excluding hydrogens is 238 g/mol. The van der Waals surface area contributed by atoms with Gasteiger partial charge in [0.05, 0.1) is 11.9 Å². The van der Waals surface area contributed by atoms with Crippen molar-refractivity contribution in [2.45, 2.75) is 0 Å². The van der Waals surface area contributed by atoms with E-state index in [1.54, 1.807) is 19.0 Å². The van der Waals surface area contributed by atoms with Crippen molar-refractivity contribution < 1.29 is 4.79 Å². The zero-order chi connectivity index (χ0) is 12.4. The van der Waals surface area contributed by atoms with Gasteiger partial charge in [-0.2, -0.15) is 4.98 Å². The second kappa shape index (κ2) is 4.54. The number of rotatable bonds is 3. The van der Waals surface area contributed by atoms with Crippen molar-refractivity contribution in [1.29, 1.82) is 0 Å². The highest BCUT2D eigenvalue weighted by atomic mass is 32.1. The first-order chi connectivity index (χ1) is 8.11. The lowest BCUT2D eigenvalue weighted by molar-refractivity contribution is -0.119. The number of nitrogens with one attached hydrogen (secondary N) is 1. The largest absolute Gasteiger partial charge is 0.368 e. The van der Waals surface area contributed by atoms with Crippen LogP contribution in [-0.2, 0) is 4.79 Å². The standard InChI is InChI=1S/C10H13N5OS/c1-12-7(16)5-15(2)8-6-3-4-17-9(6)14-10(11)13-8/h3-4H,5H2,1-2H3,(H,12,16)(H2,11,13,14). The van der Waals surface area contributed by atoms with E-state index in [0.717, 1.165) is 10.2 Å². The van der Waals surface area contributed by atoms with E-state index in [9.17, 15) is 4.79 Å². The molecule has 2 aromatic heterocycles. The van der Waals surface area contributed by atoms with Gasteiger partial charge < -0.3 is 16.0 Å². The quantitative estimate of drug-likeness (QED) is 0.827. The molecule has 0 aliphatic rings. The van der Waals surface area contributed by atoms with Crippen molar-refractivity contribution in [2.24, 2.45) is 0 Å². The summed E-state index contributed by atoms with van der Waals surface area (Å²) in [6.45, 7) is 0.234. The van der Waals surface area contributed by atoms with Crippen LogP contribution in [-0.4, -0.2) is 36.5 Å². The van der Waals surface area contributed by atoms with Crippen LogP contribution in [0.2, 0.25) is 0 Å². The maximum Gasteiger partial charge on any atom is 0.239 e. The SMILES string of the molecule is CNC(=O)CN(C)c1nc(N)nc2sccc12. The number of carbonyl (C=O) groups is 1. The van der Waals surface area contributed by atoms with Crippen LogP contribution < -0.4 is 16.0 Å². The van der Waals surface area contributed by atoms with Crippen molar-refractivity contribution in [1.82, 2.24) is 15.3 Å². The fourth-order valence-corrected chi connectivity index (χ4v) is 2.28. The van der Waals surface area contributed by atoms with Crippen LogP contribution >= 0.6 is 11.3 Å². The Morgan fingerprint density at radius 2 is 2.35 bits per heavy atom. The summed E-state index contributed by atoms with van der Waals surface area (Å²) < 4.78 is 0. The second-order valence-corrected chi connectivity index (χ2v) is 4.47. The average molecular weight is 251 g/mol. The predicted molar refractivity (Wildman–Crippen MR) is 69.2 cm³/mol. The molecule has 0 saturated heterocycles. The first-order valence-corrected chi connectivity index (χ1v) is 5.92. The average Bonchev–Trinajstić information content (AvgIpc) is 2.75. The molecule has 0 saturated carbocycles. The molecule has 17 heavy (non-hydrogen) atoms. The Balaban J connectivity index is 2.39. The number of anilines is 2. The smallest absolute Gasteiger partial charge is 0.239 e. The summed E-state index contributed by atoms with van der Waals surface area (Å²) in [6.07, 6.45) is 0. The molecule has 0 aliphatic carbocycles. The molecular formula is C10H13N5OS. The number of amides is 1. The van der Waals surface area contributed by atoms with Gasteiger partial charge in [0, 0.05) is 14.1 Å². The lowest BCUT2D eigenvalue weighted by Gasteiger charge is -2.17. The van der Waals surface area contributed by atoms with Gasteiger partial charge in [-0.1, -0.05) is 0 Å². The summed E-state index contributed by atoms with van der Waals surface area (Å²) in [4.78, 5) is 22.2. The van der Waals surface area contributed by atoms with Crippen LogP contribution in [0.3, 0.4) is 0 Å². The fourth-order valence-electron chi connectivity index (χ4n) is 1.52. The highest BCUT2D eigenvalue weighted by Gasteiger charge is 2.13. The molecule has 0 atom stereocenters. The molecule has 0 radical (unpaired) electrons. The Labute approximate surface area is 102 Å². The highest BCUT2D eigenvalue weighted by Crippen LogP contribution is 2.27. The number of hydrogen-bond donors (Lipinski definition) is 2. The molecule has 0 aliphatic heterocycles. The molecule has 0 spiro atoms. The minimum absolute atomic E-state index is 0.0759. The predicted octanol–water partition coefficient (Wildman–Crippen LogP) is 0.456. The molecule has 7 heteroatoms. The zero-order valence-corrected chi connectivity index (χ0v) is 10.4. The lowest BCUT2D eigenvalue weighted by atomic mass is 10.3. The van der Waals surface area contributed by atoms with Gasteiger partial charge in [-0.3, -0.25) is 4.79 Å². The number of carbonyl (C=O) groups excluding carboxylic acids is 1. The molecule has 2 rings (SSSR count). The molecule has 2 aromatic rings. The van der Waals surface area contributed by atoms with Crippen molar-refractivity contribution in [2.75, 3.05) is 31.3 Å². The summed E-state index contributed by atoms with van der Waals surface area (Å²) >= 11 is 1.50. The van der Waals surface area contributed by atoms with Gasteiger partial charge in [-0.15, -0.1) is 11.3 Å². The number of nitrogens with zero attached hydrogens (tertiary/aromatic N) is 3. The van der Waals surface area contributed by atoms with Crippen molar-refractivity contribution in [3.05, 3.63) is 11.4 Å². The molecule has 0 fully saturated rings. The number of aromatic nitrogens is 2. The lowest BCUT2D eigenvalue weighted by Crippen LogP contribution is -2.33. The molecule has 0 bridgehead atoms. The second-order valence-electron chi connectivity index (χ2n) is 3.57. The number of nitrogens with two attached hydrogens (primary N) is 1. The minimum atomic E-state index is -0.0759. The van der Waals surface area contributed by atoms with Gasteiger partial charge in [0.25, 0.3) is 0 Å². The fraction of sp³-hybridized carbons (Fsp3) is 0.300. The third-order valence-corrected chi connectivity index (χ3v) is 3.15. The van der Waals surface area contributed by atoms with E-state index >= 15 is 0 Å². The molecule has 6 nitrogen and oxygen atoms in total. The van der Waals surface area contributed by atoms with E-state index in [1.807, 2.05) is 11.4 Å². The van der Waals surface area contributed by atoms with Crippen molar-refractivity contribution in [3.8, 4) is 0 Å². The number of hydrogen-bond acceptors (Lipinski definition) is 6. The Morgan fingerprint density at radius 3 is 3.06 bits per heavy atom. The van der Waals surface area contributed by atoms with Crippen LogP contribution in [0.15, 0.2) is 11.4 Å². The van der Waals surface area contributed by atoms with E-state index < -0.39 is 0 Å². The normalized spacial score (nSPS) is 10.5. The van der Waals surface area contributed by atoms with E-state index in [4.69, 9.17) is 5.73 Å². The number of likely N-dealkylation sites (N-methyl/N-ethyl adjacent to an activating group) is 2. The number of thiophene rings is 1. The molecule has 90 valence electrons. The topological polar surface area (TPSA) is 84.1 Å². The molecule has 0 unspecified atom stereocenters. The summed E-state index contributed by atoms with van der Waals surface area (Å²) in [5.41, 5.74) is 5.64. The Kier molecular flexibility index (Phi) is 3.10. The van der Waals surface area contributed by atoms with Crippen molar-refractivity contribution >= 4 is 39.2 Å². The molecule has 3 N–H and O–H groups in total. The van der Waals surface area contributed by atoms with Gasteiger partial charge in [-0.25, -0.2) is 4.98 Å².